The minimum atomic E-state index is -0.915. The van der Waals surface area contributed by atoms with Crippen molar-refractivity contribution in [3.05, 3.63) is 35.9 Å². The van der Waals surface area contributed by atoms with Crippen LogP contribution in [0.25, 0.3) is 0 Å². The Morgan fingerprint density at radius 2 is 1.64 bits per heavy atom. The molecule has 1 aromatic rings. The zero-order valence-corrected chi connectivity index (χ0v) is 16.4. The number of benzene rings is 1. The average Bonchev–Trinajstić information content (AvgIpc) is 2.64. The van der Waals surface area contributed by atoms with Gasteiger partial charge in [-0.3, -0.25) is 14.4 Å². The van der Waals surface area contributed by atoms with Gasteiger partial charge in [0.2, 0.25) is 17.7 Å². The number of amides is 4. The van der Waals surface area contributed by atoms with Gasteiger partial charge in [0.15, 0.2) is 0 Å². The molecule has 1 rings (SSSR count). The van der Waals surface area contributed by atoms with Crippen LogP contribution in [-0.4, -0.2) is 42.4 Å². The molecule has 154 valence electrons. The molecule has 9 nitrogen and oxygen atoms in total. The molecule has 2 atom stereocenters. The monoisotopic (exact) mass is 392 g/mol. The molecule has 0 saturated carbocycles. The molecule has 1 aromatic carbocycles. The second-order valence-electron chi connectivity index (χ2n) is 6.80. The van der Waals surface area contributed by atoms with Crippen LogP contribution in [0.5, 0.6) is 0 Å². The zero-order chi connectivity index (χ0) is 21.1. The first-order valence-electron chi connectivity index (χ1n) is 9.02. The lowest BCUT2D eigenvalue weighted by Crippen LogP contribution is -2.53. The molecule has 5 N–H and O–H groups in total. The number of carbonyl (C=O) groups is 4. The quantitative estimate of drug-likeness (QED) is 0.457. The Bertz CT molecular complexity index is 678. The third-order valence-corrected chi connectivity index (χ3v) is 3.72. The van der Waals surface area contributed by atoms with E-state index in [2.05, 4.69) is 16.0 Å². The fourth-order valence-electron chi connectivity index (χ4n) is 2.30. The van der Waals surface area contributed by atoms with Crippen molar-refractivity contribution in [2.24, 2.45) is 11.7 Å². The average molecular weight is 392 g/mol. The first kappa shape index (κ1) is 22.9. The van der Waals surface area contributed by atoms with Gasteiger partial charge in [-0.25, -0.2) is 4.79 Å². The Kier molecular flexibility index (Phi) is 9.49. The van der Waals surface area contributed by atoms with Crippen LogP contribution in [0.15, 0.2) is 30.3 Å². The third kappa shape index (κ3) is 9.02. The van der Waals surface area contributed by atoms with Gasteiger partial charge in [0.05, 0.1) is 6.54 Å². The number of nitrogens with two attached hydrogens (primary N) is 1. The summed E-state index contributed by atoms with van der Waals surface area (Å²) in [6.45, 7) is 5.02. The summed E-state index contributed by atoms with van der Waals surface area (Å²) in [6.07, 6.45) is -0.383. The van der Waals surface area contributed by atoms with E-state index in [0.29, 0.717) is 6.42 Å². The molecule has 0 unspecified atom stereocenters. The van der Waals surface area contributed by atoms with E-state index in [-0.39, 0.29) is 19.1 Å². The van der Waals surface area contributed by atoms with E-state index < -0.39 is 35.9 Å². The van der Waals surface area contributed by atoms with Crippen molar-refractivity contribution in [1.82, 2.24) is 16.0 Å². The Morgan fingerprint density at radius 1 is 1.00 bits per heavy atom. The van der Waals surface area contributed by atoms with Gasteiger partial charge in [-0.2, -0.15) is 0 Å². The van der Waals surface area contributed by atoms with Gasteiger partial charge in [-0.1, -0.05) is 44.2 Å². The number of rotatable bonds is 10. The van der Waals surface area contributed by atoms with Gasteiger partial charge in [-0.05, 0) is 24.8 Å². The predicted molar refractivity (Wildman–Crippen MR) is 103 cm³/mol. The third-order valence-electron chi connectivity index (χ3n) is 3.72. The van der Waals surface area contributed by atoms with E-state index in [1.165, 1.54) is 6.92 Å². The molecule has 0 fully saturated rings. The lowest BCUT2D eigenvalue weighted by atomic mass is 10.0. The number of nitrogens with one attached hydrogen (secondary N) is 3. The lowest BCUT2D eigenvalue weighted by molar-refractivity contribution is -0.131. The van der Waals surface area contributed by atoms with E-state index in [0.717, 1.165) is 5.56 Å². The summed E-state index contributed by atoms with van der Waals surface area (Å²) >= 11 is 0. The molecule has 4 amide bonds. The molecular weight excluding hydrogens is 364 g/mol. The number of ether oxygens (including phenoxy) is 1. The molecule has 0 spiro atoms. The summed E-state index contributed by atoms with van der Waals surface area (Å²) in [4.78, 5) is 47.2. The highest BCUT2D eigenvalue weighted by Gasteiger charge is 2.25. The Balaban J connectivity index is 2.54. The number of primary amides is 1. The van der Waals surface area contributed by atoms with Crippen molar-refractivity contribution in [2.75, 3.05) is 6.54 Å². The van der Waals surface area contributed by atoms with Crippen LogP contribution in [0.4, 0.5) is 4.79 Å². The molecule has 0 aliphatic carbocycles. The molecule has 0 radical (unpaired) electrons. The molecule has 0 heterocycles. The highest BCUT2D eigenvalue weighted by molar-refractivity contribution is 5.92. The number of hydrogen-bond donors (Lipinski definition) is 4. The maximum absolute atomic E-state index is 12.3. The van der Waals surface area contributed by atoms with Crippen LogP contribution in [0.2, 0.25) is 0 Å². The van der Waals surface area contributed by atoms with E-state index in [1.807, 2.05) is 44.2 Å². The summed E-state index contributed by atoms with van der Waals surface area (Å²) < 4.78 is 5.07. The molecular formula is C19H28N4O5. The minimum absolute atomic E-state index is 0.0759. The van der Waals surface area contributed by atoms with Gasteiger partial charge in [0.1, 0.15) is 18.7 Å². The molecule has 0 saturated heterocycles. The van der Waals surface area contributed by atoms with Gasteiger partial charge in [-0.15, -0.1) is 0 Å². The van der Waals surface area contributed by atoms with Crippen molar-refractivity contribution in [3.8, 4) is 0 Å². The molecule has 0 aliphatic rings. The zero-order valence-electron chi connectivity index (χ0n) is 16.4. The van der Waals surface area contributed by atoms with Gasteiger partial charge in [0.25, 0.3) is 0 Å². The SMILES string of the molecule is CC(C)C[C@H](NC(=O)[C@H](C)NC(=O)OCc1ccccc1)C(=O)NCC(N)=O. The second kappa shape index (κ2) is 11.6. The van der Waals surface area contributed by atoms with Gasteiger partial charge in [0, 0.05) is 0 Å². The van der Waals surface area contributed by atoms with E-state index in [4.69, 9.17) is 10.5 Å². The Morgan fingerprint density at radius 3 is 2.21 bits per heavy atom. The van der Waals surface area contributed by atoms with Crippen LogP contribution >= 0.6 is 0 Å². The first-order valence-corrected chi connectivity index (χ1v) is 9.02. The van der Waals surface area contributed by atoms with E-state index >= 15 is 0 Å². The maximum Gasteiger partial charge on any atom is 0.408 e. The van der Waals surface area contributed by atoms with Crippen molar-refractivity contribution in [3.63, 3.8) is 0 Å². The number of carbonyl (C=O) groups excluding carboxylic acids is 4. The molecule has 0 aromatic heterocycles. The first-order chi connectivity index (χ1) is 13.2. The van der Waals surface area contributed by atoms with Crippen molar-refractivity contribution >= 4 is 23.8 Å². The van der Waals surface area contributed by atoms with Crippen LogP contribution in [-0.2, 0) is 25.7 Å². The predicted octanol–water partition coefficient (Wildman–Crippen LogP) is 0.434. The Hall–Kier alpha value is -3.10. The second-order valence-corrected chi connectivity index (χ2v) is 6.80. The van der Waals surface area contributed by atoms with Gasteiger partial charge < -0.3 is 26.4 Å². The molecule has 9 heteroatoms. The van der Waals surface area contributed by atoms with Gasteiger partial charge >= 0.3 is 6.09 Å². The standard InChI is InChI=1S/C19H28N4O5/c1-12(2)9-15(18(26)21-10-16(20)24)23-17(25)13(3)22-19(27)28-11-14-7-5-4-6-8-14/h4-8,12-13,15H,9-11H2,1-3H3,(H2,20,24)(H,21,26)(H,22,27)(H,23,25)/t13-,15-/m0/s1. The molecule has 28 heavy (non-hydrogen) atoms. The van der Waals surface area contributed by atoms with Crippen molar-refractivity contribution in [1.29, 1.82) is 0 Å². The number of alkyl carbamates (subject to hydrolysis) is 1. The van der Waals surface area contributed by atoms with Crippen molar-refractivity contribution < 1.29 is 23.9 Å². The molecule has 0 aliphatic heterocycles. The van der Waals surface area contributed by atoms with Crippen LogP contribution in [0.1, 0.15) is 32.8 Å². The minimum Gasteiger partial charge on any atom is -0.445 e. The van der Waals surface area contributed by atoms with Crippen LogP contribution in [0, 0.1) is 5.92 Å². The number of hydrogen-bond acceptors (Lipinski definition) is 5. The molecule has 0 bridgehead atoms. The largest absolute Gasteiger partial charge is 0.445 e. The topological polar surface area (TPSA) is 140 Å². The normalized spacial score (nSPS) is 12.6. The fourth-order valence-corrected chi connectivity index (χ4v) is 2.30. The summed E-state index contributed by atoms with van der Waals surface area (Å²) in [5, 5.41) is 7.37. The Labute approximate surface area is 164 Å². The fraction of sp³-hybridized carbons (Fsp3) is 0.474. The van der Waals surface area contributed by atoms with Crippen LogP contribution < -0.4 is 21.7 Å². The van der Waals surface area contributed by atoms with E-state index in [9.17, 15) is 19.2 Å². The lowest BCUT2D eigenvalue weighted by Gasteiger charge is -2.22. The smallest absolute Gasteiger partial charge is 0.408 e. The highest BCUT2D eigenvalue weighted by atomic mass is 16.5. The van der Waals surface area contributed by atoms with Crippen LogP contribution in [0.3, 0.4) is 0 Å². The summed E-state index contributed by atoms with van der Waals surface area (Å²) in [6, 6.07) is 7.35. The summed E-state index contributed by atoms with van der Waals surface area (Å²) in [5.74, 6) is -1.63. The summed E-state index contributed by atoms with van der Waals surface area (Å²) in [7, 11) is 0. The van der Waals surface area contributed by atoms with Crippen molar-refractivity contribution in [2.45, 2.75) is 45.9 Å². The summed E-state index contributed by atoms with van der Waals surface area (Å²) in [5.41, 5.74) is 5.83. The highest BCUT2D eigenvalue weighted by Crippen LogP contribution is 2.06. The maximum atomic E-state index is 12.3. The van der Waals surface area contributed by atoms with E-state index in [1.54, 1.807) is 0 Å².